The van der Waals surface area contributed by atoms with Crippen LogP contribution in [0.15, 0.2) is 12.1 Å². The highest BCUT2D eigenvalue weighted by Crippen LogP contribution is 2.30. The molecule has 15 heavy (non-hydrogen) atoms. The third-order valence-corrected chi connectivity index (χ3v) is 4.16. The molecule has 2 atom stereocenters. The highest BCUT2D eigenvalue weighted by Gasteiger charge is 2.21. The molecule has 0 aliphatic carbocycles. The third-order valence-electron chi connectivity index (χ3n) is 3.05. The summed E-state index contributed by atoms with van der Waals surface area (Å²) >= 11 is 1.90. The lowest BCUT2D eigenvalue weighted by Gasteiger charge is -2.17. The van der Waals surface area contributed by atoms with Crippen LogP contribution in [-0.2, 0) is 4.74 Å². The molecular weight excluding hydrogens is 206 g/mol. The van der Waals surface area contributed by atoms with Gasteiger partial charge in [0.15, 0.2) is 0 Å². The van der Waals surface area contributed by atoms with Gasteiger partial charge in [0.2, 0.25) is 0 Å². The maximum absolute atomic E-state index is 5.42. The molecule has 0 saturated carbocycles. The molecule has 0 aromatic carbocycles. The number of aryl methyl sites for hydroxylation is 1. The van der Waals surface area contributed by atoms with Gasteiger partial charge in [-0.3, -0.25) is 0 Å². The van der Waals surface area contributed by atoms with Crippen LogP contribution in [0.4, 0.5) is 0 Å². The van der Waals surface area contributed by atoms with Crippen molar-refractivity contribution in [2.45, 2.75) is 25.8 Å². The van der Waals surface area contributed by atoms with Gasteiger partial charge < -0.3 is 10.1 Å². The van der Waals surface area contributed by atoms with Gasteiger partial charge in [0.25, 0.3) is 0 Å². The van der Waals surface area contributed by atoms with E-state index in [0.29, 0.717) is 6.04 Å². The molecule has 1 fully saturated rings. The van der Waals surface area contributed by atoms with E-state index in [1.54, 1.807) is 0 Å². The topological polar surface area (TPSA) is 21.3 Å². The number of ether oxygens (including phenoxy) is 1. The van der Waals surface area contributed by atoms with Crippen LogP contribution in [-0.4, -0.2) is 20.3 Å². The van der Waals surface area contributed by atoms with Crippen molar-refractivity contribution in [1.82, 2.24) is 5.32 Å². The van der Waals surface area contributed by atoms with Gasteiger partial charge in [-0.15, -0.1) is 11.3 Å². The van der Waals surface area contributed by atoms with Crippen molar-refractivity contribution in [2.75, 3.05) is 20.3 Å². The first-order valence-electron chi connectivity index (χ1n) is 5.61. The summed E-state index contributed by atoms with van der Waals surface area (Å²) in [6.45, 7) is 4.06. The lowest BCUT2D eigenvalue weighted by Crippen LogP contribution is -2.19. The van der Waals surface area contributed by atoms with E-state index in [1.165, 1.54) is 22.6 Å². The minimum Gasteiger partial charge on any atom is -0.381 e. The Bertz CT molecular complexity index is 304. The monoisotopic (exact) mass is 225 g/mol. The molecule has 3 heteroatoms. The summed E-state index contributed by atoms with van der Waals surface area (Å²) < 4.78 is 5.42. The van der Waals surface area contributed by atoms with Crippen molar-refractivity contribution < 1.29 is 4.74 Å². The van der Waals surface area contributed by atoms with Crippen molar-refractivity contribution in [3.05, 3.63) is 21.9 Å². The van der Waals surface area contributed by atoms with E-state index in [-0.39, 0.29) is 0 Å². The van der Waals surface area contributed by atoms with E-state index in [2.05, 4.69) is 31.4 Å². The predicted octanol–water partition coefficient (Wildman–Crippen LogP) is 2.74. The van der Waals surface area contributed by atoms with E-state index in [1.807, 2.05) is 11.3 Å². The molecule has 2 nitrogen and oxygen atoms in total. The fourth-order valence-electron chi connectivity index (χ4n) is 2.12. The van der Waals surface area contributed by atoms with Crippen molar-refractivity contribution in [3.63, 3.8) is 0 Å². The minimum atomic E-state index is 0.510. The Morgan fingerprint density at radius 1 is 1.60 bits per heavy atom. The molecule has 1 aliphatic heterocycles. The Kier molecular flexibility index (Phi) is 3.78. The van der Waals surface area contributed by atoms with Gasteiger partial charge in [0.1, 0.15) is 0 Å². The van der Waals surface area contributed by atoms with Gasteiger partial charge in [-0.25, -0.2) is 0 Å². The number of hydrogen-bond acceptors (Lipinski definition) is 3. The largest absolute Gasteiger partial charge is 0.381 e. The normalized spacial score (nSPS) is 23.2. The van der Waals surface area contributed by atoms with Gasteiger partial charge in [-0.2, -0.15) is 0 Å². The summed E-state index contributed by atoms with van der Waals surface area (Å²) in [7, 11) is 2.05. The van der Waals surface area contributed by atoms with Crippen LogP contribution in [0.3, 0.4) is 0 Å². The molecular formula is C12H19NOS. The van der Waals surface area contributed by atoms with Crippen LogP contribution >= 0.6 is 11.3 Å². The maximum Gasteiger partial charge on any atom is 0.0495 e. The Morgan fingerprint density at radius 2 is 2.47 bits per heavy atom. The zero-order valence-electron chi connectivity index (χ0n) is 9.45. The third kappa shape index (κ3) is 2.80. The predicted molar refractivity (Wildman–Crippen MR) is 64.4 cm³/mol. The van der Waals surface area contributed by atoms with E-state index in [9.17, 15) is 0 Å². The molecule has 1 aromatic heterocycles. The summed E-state index contributed by atoms with van der Waals surface area (Å²) in [5, 5.41) is 3.41. The first-order valence-corrected chi connectivity index (χ1v) is 6.42. The number of rotatable bonds is 4. The molecule has 1 N–H and O–H groups in total. The smallest absolute Gasteiger partial charge is 0.0495 e. The Morgan fingerprint density at radius 3 is 3.00 bits per heavy atom. The average molecular weight is 225 g/mol. The standard InChI is InChI=1S/C12H19NOS/c1-9-3-4-12(15-9)11(13-2)7-10-5-6-14-8-10/h3-4,10-11,13H,5-8H2,1-2H3. The molecule has 0 amide bonds. The second-order valence-corrected chi connectivity index (χ2v) is 5.57. The summed E-state index contributed by atoms with van der Waals surface area (Å²) in [4.78, 5) is 2.86. The molecule has 0 radical (unpaired) electrons. The maximum atomic E-state index is 5.42. The van der Waals surface area contributed by atoms with Gasteiger partial charge in [-0.1, -0.05) is 0 Å². The Labute approximate surface area is 95.6 Å². The van der Waals surface area contributed by atoms with Gasteiger partial charge in [-0.05, 0) is 44.9 Å². The first-order chi connectivity index (χ1) is 7.29. The first kappa shape index (κ1) is 11.1. The van der Waals surface area contributed by atoms with Crippen LogP contribution in [0.2, 0.25) is 0 Å². The zero-order valence-corrected chi connectivity index (χ0v) is 10.3. The summed E-state index contributed by atoms with van der Waals surface area (Å²) in [6, 6.07) is 4.96. The SMILES string of the molecule is CNC(CC1CCOC1)c1ccc(C)s1. The van der Waals surface area contributed by atoms with E-state index in [4.69, 9.17) is 4.74 Å². The molecule has 1 aromatic rings. The lowest BCUT2D eigenvalue weighted by atomic mass is 9.98. The second-order valence-electron chi connectivity index (χ2n) is 4.25. The molecule has 2 rings (SSSR count). The van der Waals surface area contributed by atoms with Crippen molar-refractivity contribution in [1.29, 1.82) is 0 Å². The van der Waals surface area contributed by atoms with E-state index >= 15 is 0 Å². The van der Waals surface area contributed by atoms with Crippen molar-refractivity contribution in [3.8, 4) is 0 Å². The van der Waals surface area contributed by atoms with Gasteiger partial charge in [0, 0.05) is 29.0 Å². The molecule has 84 valence electrons. The molecule has 1 saturated heterocycles. The summed E-state index contributed by atoms with van der Waals surface area (Å²) in [5.41, 5.74) is 0. The number of hydrogen-bond donors (Lipinski definition) is 1. The van der Waals surface area contributed by atoms with Crippen molar-refractivity contribution >= 4 is 11.3 Å². The lowest BCUT2D eigenvalue weighted by molar-refractivity contribution is 0.182. The van der Waals surface area contributed by atoms with Crippen LogP contribution in [0.1, 0.15) is 28.6 Å². The summed E-state index contributed by atoms with van der Waals surface area (Å²) in [5.74, 6) is 0.741. The van der Waals surface area contributed by atoms with Crippen LogP contribution in [0, 0.1) is 12.8 Å². The molecule has 2 heterocycles. The Hall–Kier alpha value is -0.380. The van der Waals surface area contributed by atoms with Gasteiger partial charge >= 0.3 is 0 Å². The van der Waals surface area contributed by atoms with E-state index in [0.717, 1.165) is 19.1 Å². The quantitative estimate of drug-likeness (QED) is 0.850. The second kappa shape index (κ2) is 5.10. The van der Waals surface area contributed by atoms with E-state index < -0.39 is 0 Å². The molecule has 1 aliphatic rings. The summed E-state index contributed by atoms with van der Waals surface area (Å²) in [6.07, 6.45) is 2.43. The fraction of sp³-hybridized carbons (Fsp3) is 0.667. The van der Waals surface area contributed by atoms with Crippen LogP contribution in [0.25, 0.3) is 0 Å². The molecule has 0 bridgehead atoms. The van der Waals surface area contributed by atoms with Crippen LogP contribution in [0.5, 0.6) is 0 Å². The number of thiophene rings is 1. The van der Waals surface area contributed by atoms with Crippen molar-refractivity contribution in [2.24, 2.45) is 5.92 Å². The zero-order chi connectivity index (χ0) is 10.7. The van der Waals surface area contributed by atoms with Crippen LogP contribution < -0.4 is 5.32 Å². The fourth-order valence-corrected chi connectivity index (χ4v) is 3.12. The number of nitrogens with one attached hydrogen (secondary N) is 1. The molecule has 2 unspecified atom stereocenters. The Balaban J connectivity index is 1.97. The minimum absolute atomic E-state index is 0.510. The highest BCUT2D eigenvalue weighted by molar-refractivity contribution is 7.12. The van der Waals surface area contributed by atoms with Gasteiger partial charge in [0.05, 0.1) is 0 Å². The highest BCUT2D eigenvalue weighted by atomic mass is 32.1. The average Bonchev–Trinajstić information content (AvgIpc) is 2.85. The molecule has 0 spiro atoms.